The molecular weight excluding hydrogens is 355 g/mol. The number of halogens is 3. The normalized spacial score (nSPS) is 11.6. The van der Waals surface area contributed by atoms with Gasteiger partial charge in [-0.3, -0.25) is 9.36 Å². The summed E-state index contributed by atoms with van der Waals surface area (Å²) >= 11 is 0. The zero-order chi connectivity index (χ0) is 19.8. The zero-order valence-corrected chi connectivity index (χ0v) is 14.9. The third kappa shape index (κ3) is 3.35. The molecule has 27 heavy (non-hydrogen) atoms. The van der Waals surface area contributed by atoms with Gasteiger partial charge in [0.15, 0.2) is 0 Å². The molecule has 1 aromatic heterocycles. The first-order valence-electron chi connectivity index (χ1n) is 8.39. The Balaban J connectivity index is 2.32. The summed E-state index contributed by atoms with van der Waals surface area (Å²) in [4.78, 5) is 13.2. The van der Waals surface area contributed by atoms with Crippen LogP contribution in [0.15, 0.2) is 59.9 Å². The van der Waals surface area contributed by atoms with Crippen LogP contribution in [0.4, 0.5) is 13.2 Å². The maximum absolute atomic E-state index is 13.2. The number of benzene rings is 2. The standard InChI is InChI=1S/C21H18F3NO2/c1-4-27-14(3)19-13(2)17-7-5-6-8-18(17)25(20(19)26)16-11-9-15(10-12-16)21(22,23)24/h5-12H,3-4H2,1-2H3. The molecule has 0 bridgehead atoms. The second-order valence-electron chi connectivity index (χ2n) is 6.06. The molecule has 0 saturated heterocycles. The number of pyridine rings is 1. The molecule has 0 unspecified atom stereocenters. The molecule has 0 amide bonds. The van der Waals surface area contributed by atoms with Gasteiger partial charge < -0.3 is 4.74 Å². The molecule has 3 nitrogen and oxygen atoms in total. The van der Waals surface area contributed by atoms with Crippen LogP contribution in [0.5, 0.6) is 0 Å². The minimum atomic E-state index is -4.44. The number of nitrogens with zero attached hydrogens (tertiary/aromatic N) is 1. The molecule has 2 aromatic carbocycles. The molecule has 3 rings (SSSR count). The summed E-state index contributed by atoms with van der Waals surface area (Å²) in [5.74, 6) is 0.242. The fraction of sp³-hybridized carbons (Fsp3) is 0.190. The van der Waals surface area contributed by atoms with Crippen LogP contribution in [-0.4, -0.2) is 11.2 Å². The number of rotatable bonds is 4. The molecule has 0 spiro atoms. The Hall–Kier alpha value is -3.02. The molecule has 3 aromatic rings. The van der Waals surface area contributed by atoms with Gasteiger partial charge >= 0.3 is 6.18 Å². The van der Waals surface area contributed by atoms with E-state index in [0.29, 0.717) is 23.4 Å². The van der Waals surface area contributed by atoms with Crippen molar-refractivity contribution in [2.24, 2.45) is 0 Å². The van der Waals surface area contributed by atoms with Crippen molar-refractivity contribution in [2.75, 3.05) is 6.61 Å². The van der Waals surface area contributed by atoms with Crippen LogP contribution in [0.2, 0.25) is 0 Å². The Labute approximate surface area is 154 Å². The van der Waals surface area contributed by atoms with E-state index in [9.17, 15) is 18.0 Å². The molecular formula is C21H18F3NO2. The van der Waals surface area contributed by atoms with E-state index in [2.05, 4.69) is 6.58 Å². The first kappa shape index (κ1) is 18.8. The van der Waals surface area contributed by atoms with Gasteiger partial charge in [-0.25, -0.2) is 0 Å². The smallest absolute Gasteiger partial charge is 0.416 e. The summed E-state index contributed by atoms with van der Waals surface area (Å²) in [7, 11) is 0. The van der Waals surface area contributed by atoms with Crippen LogP contribution >= 0.6 is 0 Å². The van der Waals surface area contributed by atoms with Gasteiger partial charge in [0.1, 0.15) is 5.76 Å². The fourth-order valence-electron chi connectivity index (χ4n) is 3.13. The van der Waals surface area contributed by atoms with Gasteiger partial charge in [0.2, 0.25) is 0 Å². The van der Waals surface area contributed by atoms with E-state index in [1.165, 1.54) is 16.7 Å². The molecule has 0 aliphatic rings. The third-order valence-corrected chi connectivity index (χ3v) is 4.39. The summed E-state index contributed by atoms with van der Waals surface area (Å²) in [5.41, 5.74) is 0.828. The number of aromatic nitrogens is 1. The summed E-state index contributed by atoms with van der Waals surface area (Å²) in [6, 6.07) is 11.7. The highest BCUT2D eigenvalue weighted by molar-refractivity contribution is 5.87. The predicted octanol–water partition coefficient (Wildman–Crippen LogP) is 5.33. The average Bonchev–Trinajstić information content (AvgIpc) is 2.62. The van der Waals surface area contributed by atoms with E-state index in [1.807, 2.05) is 12.1 Å². The zero-order valence-electron chi connectivity index (χ0n) is 14.9. The van der Waals surface area contributed by atoms with Crippen LogP contribution in [0, 0.1) is 6.92 Å². The lowest BCUT2D eigenvalue weighted by molar-refractivity contribution is -0.137. The number of aryl methyl sites for hydroxylation is 1. The number of alkyl halides is 3. The summed E-state index contributed by atoms with van der Waals surface area (Å²) < 4.78 is 45.4. The van der Waals surface area contributed by atoms with Crippen LogP contribution in [0.25, 0.3) is 22.3 Å². The third-order valence-electron chi connectivity index (χ3n) is 4.39. The van der Waals surface area contributed by atoms with Gasteiger partial charge in [-0.05, 0) is 49.7 Å². The van der Waals surface area contributed by atoms with Crippen molar-refractivity contribution < 1.29 is 17.9 Å². The quantitative estimate of drug-likeness (QED) is 0.579. The number of ether oxygens (including phenoxy) is 1. The molecule has 0 radical (unpaired) electrons. The van der Waals surface area contributed by atoms with Gasteiger partial charge in [0, 0.05) is 11.1 Å². The molecule has 1 heterocycles. The number of hydrogen-bond donors (Lipinski definition) is 0. The predicted molar refractivity (Wildman–Crippen MR) is 99.9 cm³/mol. The maximum atomic E-state index is 13.2. The van der Waals surface area contributed by atoms with Crippen LogP contribution in [-0.2, 0) is 10.9 Å². The molecule has 140 valence electrons. The van der Waals surface area contributed by atoms with Crippen LogP contribution in [0.3, 0.4) is 0 Å². The minimum absolute atomic E-state index is 0.242. The maximum Gasteiger partial charge on any atom is 0.416 e. The monoisotopic (exact) mass is 373 g/mol. The molecule has 0 saturated carbocycles. The van der Waals surface area contributed by atoms with Crippen LogP contribution in [0.1, 0.15) is 23.6 Å². The molecule has 0 fully saturated rings. The Bertz CT molecular complexity index is 1060. The lowest BCUT2D eigenvalue weighted by Crippen LogP contribution is -2.24. The molecule has 0 aliphatic carbocycles. The summed E-state index contributed by atoms with van der Waals surface area (Å²) in [5, 5.41) is 0.799. The van der Waals surface area contributed by atoms with Crippen molar-refractivity contribution in [1.29, 1.82) is 0 Å². The second kappa shape index (κ2) is 6.95. The van der Waals surface area contributed by atoms with Crippen molar-refractivity contribution in [3.63, 3.8) is 0 Å². The highest BCUT2D eigenvalue weighted by Gasteiger charge is 2.30. The minimum Gasteiger partial charge on any atom is -0.494 e. The Morgan fingerprint density at radius 2 is 1.74 bits per heavy atom. The first-order valence-corrected chi connectivity index (χ1v) is 8.39. The van der Waals surface area contributed by atoms with E-state index in [-0.39, 0.29) is 11.3 Å². The second-order valence-corrected chi connectivity index (χ2v) is 6.06. The van der Waals surface area contributed by atoms with Crippen molar-refractivity contribution in [3.05, 3.63) is 82.2 Å². The van der Waals surface area contributed by atoms with E-state index in [1.54, 1.807) is 26.0 Å². The average molecular weight is 373 g/mol. The molecule has 0 aliphatic heterocycles. The lowest BCUT2D eigenvalue weighted by atomic mass is 10.0. The van der Waals surface area contributed by atoms with Crippen molar-refractivity contribution >= 4 is 16.7 Å². The summed E-state index contributed by atoms with van der Waals surface area (Å²) in [6.07, 6.45) is -4.44. The Morgan fingerprint density at radius 3 is 2.33 bits per heavy atom. The van der Waals surface area contributed by atoms with Gasteiger partial charge in [-0.2, -0.15) is 13.2 Å². The van der Waals surface area contributed by atoms with E-state index >= 15 is 0 Å². The van der Waals surface area contributed by atoms with E-state index in [0.717, 1.165) is 23.1 Å². The first-order chi connectivity index (χ1) is 12.8. The highest BCUT2D eigenvalue weighted by atomic mass is 19.4. The Morgan fingerprint density at radius 1 is 1.11 bits per heavy atom. The topological polar surface area (TPSA) is 31.2 Å². The van der Waals surface area contributed by atoms with Gasteiger partial charge in [-0.15, -0.1) is 0 Å². The fourth-order valence-corrected chi connectivity index (χ4v) is 3.13. The highest BCUT2D eigenvalue weighted by Crippen LogP contribution is 2.30. The van der Waals surface area contributed by atoms with E-state index in [4.69, 9.17) is 4.74 Å². The van der Waals surface area contributed by atoms with Gasteiger partial charge in [0.25, 0.3) is 5.56 Å². The SMILES string of the molecule is C=C(OCC)c1c(C)c2ccccc2n(-c2ccc(C(F)(F)F)cc2)c1=O. The molecule has 0 N–H and O–H groups in total. The van der Waals surface area contributed by atoms with Crippen LogP contribution < -0.4 is 5.56 Å². The lowest BCUT2D eigenvalue weighted by Gasteiger charge is -2.18. The van der Waals surface area contributed by atoms with Crippen molar-refractivity contribution in [2.45, 2.75) is 20.0 Å². The number of hydrogen-bond acceptors (Lipinski definition) is 2. The Kier molecular flexibility index (Phi) is 4.83. The number of para-hydroxylation sites is 1. The number of fused-ring (bicyclic) bond motifs is 1. The molecule has 0 atom stereocenters. The van der Waals surface area contributed by atoms with Crippen molar-refractivity contribution in [1.82, 2.24) is 4.57 Å². The largest absolute Gasteiger partial charge is 0.494 e. The van der Waals surface area contributed by atoms with Gasteiger partial charge in [0.05, 0.1) is 23.3 Å². The van der Waals surface area contributed by atoms with Crippen molar-refractivity contribution in [3.8, 4) is 5.69 Å². The van der Waals surface area contributed by atoms with Gasteiger partial charge in [-0.1, -0.05) is 24.8 Å². The van der Waals surface area contributed by atoms with E-state index < -0.39 is 11.7 Å². The molecule has 6 heteroatoms. The summed E-state index contributed by atoms with van der Waals surface area (Å²) in [6.45, 7) is 7.79.